The van der Waals surface area contributed by atoms with Crippen LogP contribution in [0.25, 0.3) is 0 Å². The molecule has 0 spiro atoms. The number of benzene rings is 2. The Bertz CT molecular complexity index is 584. The van der Waals surface area contributed by atoms with E-state index in [-0.39, 0.29) is 0 Å². The van der Waals surface area contributed by atoms with Crippen LogP contribution in [-0.4, -0.2) is 12.2 Å². The van der Waals surface area contributed by atoms with Crippen molar-refractivity contribution >= 4 is 23.0 Å². The third-order valence-corrected chi connectivity index (χ3v) is 3.22. The number of ether oxygens (including phenoxy) is 1. The highest BCUT2D eigenvalue weighted by molar-refractivity contribution is 7.80. The first kappa shape index (κ1) is 14.3. The van der Waals surface area contributed by atoms with Gasteiger partial charge >= 0.3 is 0 Å². The van der Waals surface area contributed by atoms with Gasteiger partial charge in [-0.15, -0.1) is 0 Å². The molecule has 0 radical (unpaired) electrons. The lowest BCUT2D eigenvalue weighted by atomic mass is 10.2. The Kier molecular flexibility index (Phi) is 4.96. The van der Waals surface area contributed by atoms with Crippen LogP contribution < -0.4 is 15.4 Å². The third-order valence-electron chi connectivity index (χ3n) is 2.98. The summed E-state index contributed by atoms with van der Waals surface area (Å²) in [5.74, 6) is 0.844. The lowest BCUT2D eigenvalue weighted by Gasteiger charge is -2.13. The molecule has 3 nitrogen and oxygen atoms in total. The summed E-state index contributed by atoms with van der Waals surface area (Å²) < 4.78 is 5.18. The van der Waals surface area contributed by atoms with E-state index in [2.05, 4.69) is 22.8 Å². The van der Waals surface area contributed by atoms with E-state index in [1.807, 2.05) is 43.3 Å². The van der Waals surface area contributed by atoms with Crippen molar-refractivity contribution in [2.24, 2.45) is 0 Å². The summed E-state index contributed by atoms with van der Waals surface area (Å²) in [4.78, 5) is 0. The molecular weight excluding hydrogens is 268 g/mol. The van der Waals surface area contributed by atoms with E-state index < -0.39 is 0 Å². The van der Waals surface area contributed by atoms with Crippen LogP contribution in [0.4, 0.5) is 5.69 Å². The minimum Gasteiger partial charge on any atom is -0.497 e. The van der Waals surface area contributed by atoms with Crippen LogP contribution >= 0.6 is 12.2 Å². The Morgan fingerprint density at radius 2 is 1.90 bits per heavy atom. The molecule has 0 aliphatic carbocycles. The fraction of sp³-hybridized carbons (Fsp3) is 0.188. The van der Waals surface area contributed by atoms with Gasteiger partial charge in [0.2, 0.25) is 0 Å². The van der Waals surface area contributed by atoms with E-state index in [0.29, 0.717) is 11.7 Å². The molecule has 0 aromatic heterocycles. The van der Waals surface area contributed by atoms with Crippen LogP contribution in [-0.2, 0) is 6.54 Å². The van der Waals surface area contributed by atoms with Gasteiger partial charge in [-0.25, -0.2) is 0 Å². The number of nitrogens with one attached hydrogen (secondary N) is 2. The van der Waals surface area contributed by atoms with Gasteiger partial charge in [-0.1, -0.05) is 30.3 Å². The van der Waals surface area contributed by atoms with Crippen molar-refractivity contribution in [1.29, 1.82) is 0 Å². The first-order valence-corrected chi connectivity index (χ1v) is 6.83. The van der Waals surface area contributed by atoms with E-state index in [9.17, 15) is 0 Å². The third kappa shape index (κ3) is 3.96. The summed E-state index contributed by atoms with van der Waals surface area (Å²) in [5.41, 5.74) is 3.27. The van der Waals surface area contributed by atoms with Crippen LogP contribution in [0.1, 0.15) is 11.1 Å². The minimum absolute atomic E-state index is 0.613. The Hall–Kier alpha value is -2.07. The maximum Gasteiger partial charge on any atom is 0.171 e. The normalized spacial score (nSPS) is 9.90. The van der Waals surface area contributed by atoms with Crippen molar-refractivity contribution in [3.8, 4) is 5.75 Å². The molecule has 0 saturated heterocycles. The standard InChI is InChI=1S/C16H18N2OS/c1-12-10-14(19-2)8-9-15(12)18-16(20)17-11-13-6-4-3-5-7-13/h3-10H,11H2,1-2H3,(H2,17,18,20). The molecule has 2 aromatic carbocycles. The van der Waals surface area contributed by atoms with Gasteiger partial charge in [0.25, 0.3) is 0 Å². The van der Waals surface area contributed by atoms with Crippen molar-refractivity contribution in [3.05, 3.63) is 59.7 Å². The molecule has 4 heteroatoms. The highest BCUT2D eigenvalue weighted by Crippen LogP contribution is 2.20. The second-order valence-corrected chi connectivity index (χ2v) is 4.88. The maximum absolute atomic E-state index is 5.30. The molecule has 0 saturated carbocycles. The van der Waals surface area contributed by atoms with E-state index in [0.717, 1.165) is 17.0 Å². The Morgan fingerprint density at radius 3 is 2.55 bits per heavy atom. The fourth-order valence-corrected chi connectivity index (χ4v) is 2.03. The SMILES string of the molecule is COc1ccc(NC(=S)NCc2ccccc2)c(C)c1. The number of aryl methyl sites for hydroxylation is 1. The topological polar surface area (TPSA) is 33.3 Å². The number of rotatable bonds is 4. The maximum atomic E-state index is 5.30. The molecule has 104 valence electrons. The Balaban J connectivity index is 1.91. The smallest absolute Gasteiger partial charge is 0.171 e. The molecule has 0 aliphatic rings. The van der Waals surface area contributed by atoms with Gasteiger partial charge in [-0.05, 0) is 48.5 Å². The lowest BCUT2D eigenvalue weighted by Crippen LogP contribution is -2.28. The monoisotopic (exact) mass is 286 g/mol. The van der Waals surface area contributed by atoms with Crippen molar-refractivity contribution in [2.75, 3.05) is 12.4 Å². The summed E-state index contributed by atoms with van der Waals surface area (Å²) in [6, 6.07) is 16.0. The molecule has 20 heavy (non-hydrogen) atoms. The molecule has 0 amide bonds. The number of hydrogen-bond donors (Lipinski definition) is 2. The van der Waals surface area contributed by atoms with Gasteiger partial charge < -0.3 is 15.4 Å². The van der Waals surface area contributed by atoms with Gasteiger partial charge in [-0.3, -0.25) is 0 Å². The molecule has 0 heterocycles. The van der Waals surface area contributed by atoms with Gasteiger partial charge in [0.1, 0.15) is 5.75 Å². The van der Waals surface area contributed by atoms with E-state index in [1.165, 1.54) is 5.56 Å². The second kappa shape index (κ2) is 6.91. The zero-order valence-corrected chi connectivity index (χ0v) is 12.5. The Labute approximate surface area is 125 Å². The molecular formula is C16H18N2OS. The number of thiocarbonyl (C=S) groups is 1. The lowest BCUT2D eigenvalue weighted by molar-refractivity contribution is 0.414. The summed E-state index contributed by atoms with van der Waals surface area (Å²) in [5, 5.41) is 7.00. The van der Waals surface area contributed by atoms with E-state index >= 15 is 0 Å². The molecule has 2 rings (SSSR count). The predicted molar refractivity (Wildman–Crippen MR) is 87.2 cm³/mol. The summed E-state index contributed by atoms with van der Waals surface area (Å²) in [6.45, 7) is 2.73. The largest absolute Gasteiger partial charge is 0.497 e. The molecule has 0 atom stereocenters. The molecule has 0 aliphatic heterocycles. The van der Waals surface area contributed by atoms with Crippen LogP contribution in [0.15, 0.2) is 48.5 Å². The fourth-order valence-electron chi connectivity index (χ4n) is 1.85. The first-order valence-electron chi connectivity index (χ1n) is 6.42. The van der Waals surface area contributed by atoms with Gasteiger partial charge in [0.15, 0.2) is 5.11 Å². The number of anilines is 1. The zero-order chi connectivity index (χ0) is 14.4. The van der Waals surface area contributed by atoms with Crippen LogP contribution in [0.2, 0.25) is 0 Å². The van der Waals surface area contributed by atoms with Crippen molar-refractivity contribution in [2.45, 2.75) is 13.5 Å². The Morgan fingerprint density at radius 1 is 1.15 bits per heavy atom. The van der Waals surface area contributed by atoms with Crippen LogP contribution in [0.5, 0.6) is 5.75 Å². The zero-order valence-electron chi connectivity index (χ0n) is 11.6. The quantitative estimate of drug-likeness (QED) is 0.843. The summed E-state index contributed by atoms with van der Waals surface area (Å²) in [6.07, 6.45) is 0. The molecule has 0 fully saturated rings. The minimum atomic E-state index is 0.613. The average Bonchev–Trinajstić information content (AvgIpc) is 2.48. The summed E-state index contributed by atoms with van der Waals surface area (Å²) >= 11 is 5.30. The van der Waals surface area contributed by atoms with Gasteiger partial charge in [0, 0.05) is 12.2 Å². The summed E-state index contributed by atoms with van der Waals surface area (Å²) in [7, 11) is 1.66. The second-order valence-electron chi connectivity index (χ2n) is 4.47. The first-order chi connectivity index (χ1) is 9.69. The number of methoxy groups -OCH3 is 1. The average molecular weight is 286 g/mol. The highest BCUT2D eigenvalue weighted by Gasteiger charge is 2.02. The molecule has 0 unspecified atom stereocenters. The number of hydrogen-bond acceptors (Lipinski definition) is 2. The van der Waals surface area contributed by atoms with Gasteiger partial charge in [0.05, 0.1) is 7.11 Å². The van der Waals surface area contributed by atoms with Crippen molar-refractivity contribution in [3.63, 3.8) is 0 Å². The van der Waals surface area contributed by atoms with Crippen LogP contribution in [0.3, 0.4) is 0 Å². The molecule has 0 bridgehead atoms. The van der Waals surface area contributed by atoms with Crippen molar-refractivity contribution < 1.29 is 4.74 Å². The molecule has 2 N–H and O–H groups in total. The highest BCUT2D eigenvalue weighted by atomic mass is 32.1. The van der Waals surface area contributed by atoms with Crippen molar-refractivity contribution in [1.82, 2.24) is 5.32 Å². The van der Waals surface area contributed by atoms with Gasteiger partial charge in [-0.2, -0.15) is 0 Å². The van der Waals surface area contributed by atoms with E-state index in [1.54, 1.807) is 7.11 Å². The van der Waals surface area contributed by atoms with Crippen LogP contribution in [0, 0.1) is 6.92 Å². The predicted octanol–water partition coefficient (Wildman–Crippen LogP) is 3.49. The van der Waals surface area contributed by atoms with E-state index in [4.69, 9.17) is 17.0 Å². The molecule has 2 aromatic rings.